The lowest BCUT2D eigenvalue weighted by atomic mass is 9.99. The number of nitrogens with one attached hydrogen (secondary N) is 1. The fourth-order valence-corrected chi connectivity index (χ4v) is 4.18. The number of hydrogen-bond acceptors (Lipinski definition) is 5. The minimum Gasteiger partial charge on any atom is -0.333 e. The molecule has 1 unspecified atom stereocenters. The highest BCUT2D eigenvalue weighted by atomic mass is 32.1. The number of piperidine rings is 1. The molecule has 19 heavy (non-hydrogen) atoms. The summed E-state index contributed by atoms with van der Waals surface area (Å²) in [6.45, 7) is 2.08. The summed E-state index contributed by atoms with van der Waals surface area (Å²) in [4.78, 5) is 7.26. The van der Waals surface area contributed by atoms with Crippen LogP contribution in [0.15, 0.2) is 10.6 Å². The van der Waals surface area contributed by atoms with Crippen molar-refractivity contribution >= 4 is 11.3 Å². The second kappa shape index (κ2) is 4.72. The highest BCUT2D eigenvalue weighted by molar-refractivity contribution is 7.15. The largest absolute Gasteiger partial charge is 0.333 e. The molecule has 1 fully saturated rings. The van der Waals surface area contributed by atoms with Crippen molar-refractivity contribution < 1.29 is 4.52 Å². The Morgan fingerprint density at radius 2 is 2.32 bits per heavy atom. The number of aromatic nitrogens is 2. The molecule has 0 spiro atoms. The van der Waals surface area contributed by atoms with Crippen LogP contribution in [0.5, 0.6) is 0 Å². The van der Waals surface area contributed by atoms with Gasteiger partial charge in [-0.2, -0.15) is 4.98 Å². The molecule has 2 aromatic rings. The molecule has 2 aliphatic rings. The summed E-state index contributed by atoms with van der Waals surface area (Å²) < 4.78 is 5.46. The molecule has 100 valence electrons. The lowest BCUT2D eigenvalue weighted by molar-refractivity contribution is 0.393. The molecule has 1 aliphatic carbocycles. The van der Waals surface area contributed by atoms with Gasteiger partial charge in [-0.3, -0.25) is 0 Å². The Labute approximate surface area is 116 Å². The summed E-state index contributed by atoms with van der Waals surface area (Å²) in [6.07, 6.45) is 6.08. The summed E-state index contributed by atoms with van der Waals surface area (Å²) in [5, 5.41) is 7.57. The first kappa shape index (κ1) is 11.6. The summed E-state index contributed by atoms with van der Waals surface area (Å²) in [6, 6.07) is 2.24. The van der Waals surface area contributed by atoms with Crippen LogP contribution in [-0.4, -0.2) is 23.2 Å². The van der Waals surface area contributed by atoms with E-state index in [2.05, 4.69) is 21.5 Å². The van der Waals surface area contributed by atoms with Gasteiger partial charge in [-0.05, 0) is 50.3 Å². The Morgan fingerprint density at radius 1 is 1.32 bits per heavy atom. The van der Waals surface area contributed by atoms with Crippen LogP contribution in [0, 0.1) is 0 Å². The minimum absolute atomic E-state index is 0.415. The first-order valence-electron chi connectivity index (χ1n) is 7.06. The zero-order valence-electron chi connectivity index (χ0n) is 10.8. The highest BCUT2D eigenvalue weighted by Gasteiger charge is 2.23. The summed E-state index contributed by atoms with van der Waals surface area (Å²) in [7, 11) is 0. The van der Waals surface area contributed by atoms with Crippen LogP contribution in [-0.2, 0) is 12.8 Å². The molecule has 1 N–H and O–H groups in total. The van der Waals surface area contributed by atoms with Crippen LogP contribution in [0.3, 0.4) is 0 Å². The van der Waals surface area contributed by atoms with Crippen molar-refractivity contribution in [1.29, 1.82) is 0 Å². The number of hydrogen-bond donors (Lipinski definition) is 1. The number of nitrogens with zero attached hydrogens (tertiary/aromatic N) is 2. The third-order valence-corrected chi connectivity index (χ3v) is 5.29. The van der Waals surface area contributed by atoms with Crippen LogP contribution in [0.4, 0.5) is 0 Å². The van der Waals surface area contributed by atoms with E-state index < -0.39 is 0 Å². The van der Waals surface area contributed by atoms with E-state index in [1.165, 1.54) is 36.1 Å². The van der Waals surface area contributed by atoms with Crippen molar-refractivity contribution in [2.24, 2.45) is 0 Å². The minimum atomic E-state index is 0.415. The van der Waals surface area contributed by atoms with Crippen molar-refractivity contribution in [3.8, 4) is 10.8 Å². The van der Waals surface area contributed by atoms with Gasteiger partial charge in [0.25, 0.3) is 5.89 Å². The molecule has 3 heterocycles. The fourth-order valence-electron chi connectivity index (χ4n) is 3.01. The molecule has 1 saturated heterocycles. The van der Waals surface area contributed by atoms with Crippen molar-refractivity contribution in [3.63, 3.8) is 0 Å². The van der Waals surface area contributed by atoms with Gasteiger partial charge in [-0.1, -0.05) is 5.16 Å². The molecule has 0 bridgehead atoms. The third kappa shape index (κ3) is 2.11. The number of aryl methyl sites for hydroxylation is 2. The topological polar surface area (TPSA) is 51.0 Å². The molecule has 5 heteroatoms. The lowest BCUT2D eigenvalue weighted by Gasteiger charge is -2.19. The van der Waals surface area contributed by atoms with Crippen LogP contribution in [0.1, 0.15) is 41.4 Å². The molecule has 4 rings (SSSR count). The van der Waals surface area contributed by atoms with Crippen LogP contribution in [0.2, 0.25) is 0 Å². The molecular formula is C14H17N3OS. The van der Waals surface area contributed by atoms with E-state index in [1.54, 1.807) is 0 Å². The van der Waals surface area contributed by atoms with Crippen LogP contribution >= 0.6 is 11.3 Å². The molecule has 4 nitrogen and oxygen atoms in total. The van der Waals surface area contributed by atoms with Gasteiger partial charge in [0.05, 0.1) is 4.88 Å². The molecule has 2 aromatic heterocycles. The highest BCUT2D eigenvalue weighted by Crippen LogP contribution is 2.36. The van der Waals surface area contributed by atoms with Crippen LogP contribution < -0.4 is 5.32 Å². The number of thiophene rings is 1. The molecule has 0 radical (unpaired) electrons. The standard InChI is InChI=1S/C14H17N3OS/c1-3-9-7-12(19-11(9)5-1)14-16-13(17-18-14)10-4-2-6-15-8-10/h7,10,15H,1-6,8H2. The van der Waals surface area contributed by atoms with Gasteiger partial charge in [0.15, 0.2) is 5.82 Å². The first-order valence-corrected chi connectivity index (χ1v) is 7.88. The Hall–Kier alpha value is -1.20. The van der Waals surface area contributed by atoms with Gasteiger partial charge < -0.3 is 9.84 Å². The second-order valence-electron chi connectivity index (χ2n) is 5.41. The summed E-state index contributed by atoms with van der Waals surface area (Å²) in [5.41, 5.74) is 1.49. The summed E-state index contributed by atoms with van der Waals surface area (Å²) >= 11 is 1.82. The van der Waals surface area contributed by atoms with E-state index in [9.17, 15) is 0 Å². The average Bonchev–Trinajstić information content (AvgIpc) is 3.14. The predicted molar refractivity (Wildman–Crippen MR) is 74.5 cm³/mol. The quantitative estimate of drug-likeness (QED) is 0.915. The van der Waals surface area contributed by atoms with E-state index in [0.717, 1.165) is 30.2 Å². The SMILES string of the molecule is c1c(-c2nc(C3CCCNC3)no2)sc2c1CCC2. The van der Waals surface area contributed by atoms with E-state index in [0.29, 0.717) is 11.8 Å². The first-order chi connectivity index (χ1) is 9.40. The Kier molecular flexibility index (Phi) is 2.89. The van der Waals surface area contributed by atoms with Crippen molar-refractivity contribution in [2.75, 3.05) is 13.1 Å². The Bertz CT molecular complexity index is 562. The van der Waals surface area contributed by atoms with E-state index in [-0.39, 0.29) is 0 Å². The van der Waals surface area contributed by atoms with Crippen LogP contribution in [0.25, 0.3) is 10.8 Å². The predicted octanol–water partition coefficient (Wildman–Crippen LogP) is 2.75. The van der Waals surface area contributed by atoms with Crippen molar-refractivity contribution in [3.05, 3.63) is 22.3 Å². The van der Waals surface area contributed by atoms with Gasteiger partial charge in [-0.25, -0.2) is 0 Å². The van der Waals surface area contributed by atoms with Gasteiger partial charge in [0.1, 0.15) is 0 Å². The van der Waals surface area contributed by atoms with Crippen molar-refractivity contribution in [1.82, 2.24) is 15.5 Å². The average molecular weight is 275 g/mol. The van der Waals surface area contributed by atoms with Gasteiger partial charge >= 0.3 is 0 Å². The maximum absolute atomic E-state index is 5.46. The second-order valence-corrected chi connectivity index (χ2v) is 6.55. The lowest BCUT2D eigenvalue weighted by Crippen LogP contribution is -2.28. The monoisotopic (exact) mass is 275 g/mol. The fraction of sp³-hybridized carbons (Fsp3) is 0.571. The van der Waals surface area contributed by atoms with E-state index >= 15 is 0 Å². The Balaban J connectivity index is 1.59. The zero-order chi connectivity index (χ0) is 12.7. The summed E-state index contributed by atoms with van der Waals surface area (Å²) in [5.74, 6) is 1.99. The van der Waals surface area contributed by atoms with Gasteiger partial charge in [-0.15, -0.1) is 11.3 Å². The third-order valence-electron chi connectivity index (χ3n) is 4.06. The molecular weight excluding hydrogens is 258 g/mol. The normalized spacial score (nSPS) is 22.6. The number of rotatable bonds is 2. The van der Waals surface area contributed by atoms with Gasteiger partial charge in [0, 0.05) is 17.3 Å². The maximum Gasteiger partial charge on any atom is 0.268 e. The molecule has 1 atom stereocenters. The molecule has 1 aliphatic heterocycles. The smallest absolute Gasteiger partial charge is 0.268 e. The maximum atomic E-state index is 5.46. The van der Waals surface area contributed by atoms with E-state index in [1.807, 2.05) is 11.3 Å². The van der Waals surface area contributed by atoms with Gasteiger partial charge in [0.2, 0.25) is 0 Å². The van der Waals surface area contributed by atoms with Crippen molar-refractivity contribution in [2.45, 2.75) is 38.0 Å². The molecule has 0 aromatic carbocycles. The van der Waals surface area contributed by atoms with E-state index in [4.69, 9.17) is 4.52 Å². The molecule has 0 amide bonds. The molecule has 0 saturated carbocycles. The Morgan fingerprint density at radius 3 is 3.16 bits per heavy atom. The zero-order valence-corrected chi connectivity index (χ0v) is 11.6. The number of fused-ring (bicyclic) bond motifs is 1.